The first kappa shape index (κ1) is 21.1. The number of ether oxygens (including phenoxy) is 1. The van der Waals surface area contributed by atoms with E-state index in [1.165, 1.54) is 31.5 Å². The molecule has 0 spiro atoms. The number of carbonyl (C=O) groups is 2. The minimum Gasteiger partial charge on any atom is -0.496 e. The number of nitrogens with zero attached hydrogens (tertiary/aromatic N) is 1. The maximum absolute atomic E-state index is 12.6. The van der Waals surface area contributed by atoms with Gasteiger partial charge in [-0.15, -0.1) is 0 Å². The van der Waals surface area contributed by atoms with Gasteiger partial charge < -0.3 is 14.3 Å². The van der Waals surface area contributed by atoms with Gasteiger partial charge in [0.2, 0.25) is 0 Å². The van der Waals surface area contributed by atoms with E-state index in [4.69, 9.17) is 25.9 Å². The molecule has 0 fully saturated rings. The molecule has 1 amide bonds. The van der Waals surface area contributed by atoms with Crippen LogP contribution in [0.1, 0.15) is 26.5 Å². The molecule has 0 aliphatic carbocycles. The zero-order valence-corrected chi connectivity index (χ0v) is 17.6. The van der Waals surface area contributed by atoms with E-state index in [0.717, 1.165) is 10.8 Å². The van der Waals surface area contributed by atoms with Crippen LogP contribution in [-0.4, -0.2) is 30.3 Å². The number of methoxy groups -OCH3 is 1. The van der Waals surface area contributed by atoms with E-state index in [1.807, 2.05) is 24.3 Å². The number of furan rings is 1. The molecule has 0 radical (unpaired) electrons. The Morgan fingerprint density at radius 2 is 1.81 bits per heavy atom. The number of fused-ring (bicyclic) bond motifs is 1. The SMILES string of the molecule is COc1cc2ccccc2cc1C(=O)N/N=C\c1ccc(-c2cc(C(=O)O)ccc2Cl)o1. The first-order valence-corrected chi connectivity index (χ1v) is 9.87. The average molecular weight is 449 g/mol. The molecule has 0 saturated heterocycles. The molecule has 4 aromatic rings. The van der Waals surface area contributed by atoms with Gasteiger partial charge in [0.1, 0.15) is 17.3 Å². The van der Waals surface area contributed by atoms with Gasteiger partial charge in [-0.25, -0.2) is 10.2 Å². The molecule has 1 aromatic heterocycles. The number of halogens is 1. The van der Waals surface area contributed by atoms with Gasteiger partial charge in [0.05, 0.1) is 29.5 Å². The molecule has 32 heavy (non-hydrogen) atoms. The average Bonchev–Trinajstić information content (AvgIpc) is 3.26. The summed E-state index contributed by atoms with van der Waals surface area (Å²) in [6.07, 6.45) is 1.34. The molecular formula is C24H17ClN2O5. The summed E-state index contributed by atoms with van der Waals surface area (Å²) in [4.78, 5) is 23.8. The van der Waals surface area contributed by atoms with Crippen LogP contribution in [-0.2, 0) is 0 Å². The van der Waals surface area contributed by atoms with Gasteiger partial charge >= 0.3 is 5.97 Å². The zero-order chi connectivity index (χ0) is 22.7. The van der Waals surface area contributed by atoms with Gasteiger partial charge in [0, 0.05) is 5.56 Å². The minimum atomic E-state index is -1.07. The highest BCUT2D eigenvalue weighted by Crippen LogP contribution is 2.30. The van der Waals surface area contributed by atoms with Crippen LogP contribution in [0.3, 0.4) is 0 Å². The van der Waals surface area contributed by atoms with Crippen molar-refractivity contribution in [2.45, 2.75) is 0 Å². The Bertz CT molecular complexity index is 1360. The highest BCUT2D eigenvalue weighted by molar-refractivity contribution is 6.33. The predicted molar refractivity (Wildman–Crippen MR) is 122 cm³/mol. The lowest BCUT2D eigenvalue weighted by Gasteiger charge is -2.09. The molecule has 1 heterocycles. The quantitative estimate of drug-likeness (QED) is 0.311. The number of carboxylic acid groups (broad SMARTS) is 1. The van der Waals surface area contributed by atoms with Crippen LogP contribution in [0.5, 0.6) is 5.75 Å². The Kier molecular flexibility index (Phi) is 5.91. The van der Waals surface area contributed by atoms with Gasteiger partial charge in [-0.3, -0.25) is 4.79 Å². The molecule has 0 bridgehead atoms. The third-order valence-corrected chi connectivity index (χ3v) is 5.11. The van der Waals surface area contributed by atoms with E-state index >= 15 is 0 Å². The van der Waals surface area contributed by atoms with Crippen LogP contribution in [0.4, 0.5) is 0 Å². The fourth-order valence-corrected chi connectivity index (χ4v) is 3.41. The summed E-state index contributed by atoms with van der Waals surface area (Å²) in [6, 6.07) is 18.8. The number of nitrogens with one attached hydrogen (secondary N) is 1. The normalized spacial score (nSPS) is 11.1. The molecule has 0 aliphatic rings. The van der Waals surface area contributed by atoms with Crippen molar-refractivity contribution in [1.29, 1.82) is 0 Å². The van der Waals surface area contributed by atoms with Crippen molar-refractivity contribution < 1.29 is 23.8 Å². The number of carboxylic acids is 1. The summed E-state index contributed by atoms with van der Waals surface area (Å²) in [7, 11) is 1.50. The number of aromatic carboxylic acids is 1. The summed E-state index contributed by atoms with van der Waals surface area (Å²) in [5.41, 5.74) is 3.34. The largest absolute Gasteiger partial charge is 0.496 e. The van der Waals surface area contributed by atoms with Gasteiger partial charge in [0.15, 0.2) is 0 Å². The van der Waals surface area contributed by atoms with E-state index in [-0.39, 0.29) is 5.56 Å². The molecule has 0 aliphatic heterocycles. The number of hydrazone groups is 1. The number of hydrogen-bond donors (Lipinski definition) is 2. The van der Waals surface area contributed by atoms with E-state index in [9.17, 15) is 9.59 Å². The molecule has 2 N–H and O–H groups in total. The van der Waals surface area contributed by atoms with E-state index in [1.54, 1.807) is 24.3 Å². The van der Waals surface area contributed by atoms with Crippen LogP contribution in [0, 0.1) is 0 Å². The fraction of sp³-hybridized carbons (Fsp3) is 0.0417. The summed E-state index contributed by atoms with van der Waals surface area (Å²) in [5.74, 6) is -0.342. The van der Waals surface area contributed by atoms with E-state index < -0.39 is 11.9 Å². The smallest absolute Gasteiger partial charge is 0.335 e. The van der Waals surface area contributed by atoms with Gasteiger partial charge in [0.25, 0.3) is 5.91 Å². The molecule has 0 unspecified atom stereocenters. The Morgan fingerprint density at radius 3 is 2.53 bits per heavy atom. The van der Waals surface area contributed by atoms with Crippen LogP contribution >= 0.6 is 11.6 Å². The number of carbonyl (C=O) groups excluding carboxylic acids is 1. The highest BCUT2D eigenvalue weighted by Gasteiger charge is 2.14. The summed E-state index contributed by atoms with van der Waals surface area (Å²) < 4.78 is 11.0. The second-order valence-corrected chi connectivity index (χ2v) is 7.21. The molecule has 160 valence electrons. The number of amides is 1. The summed E-state index contributed by atoms with van der Waals surface area (Å²) >= 11 is 6.17. The Hall–Kier alpha value is -4.10. The number of hydrogen-bond acceptors (Lipinski definition) is 5. The maximum atomic E-state index is 12.6. The second kappa shape index (κ2) is 8.95. The van der Waals surface area contributed by atoms with Crippen molar-refractivity contribution >= 4 is 40.5 Å². The third-order valence-electron chi connectivity index (χ3n) is 4.78. The van der Waals surface area contributed by atoms with E-state index in [0.29, 0.717) is 33.4 Å². The summed E-state index contributed by atoms with van der Waals surface area (Å²) in [6.45, 7) is 0. The number of benzene rings is 3. The lowest BCUT2D eigenvalue weighted by molar-refractivity contribution is 0.0696. The predicted octanol–water partition coefficient (Wildman–Crippen LogP) is 5.22. The molecule has 0 atom stereocenters. The highest BCUT2D eigenvalue weighted by atomic mass is 35.5. The van der Waals surface area contributed by atoms with E-state index in [2.05, 4.69) is 10.5 Å². The van der Waals surface area contributed by atoms with Crippen LogP contribution in [0.25, 0.3) is 22.1 Å². The third kappa shape index (κ3) is 4.33. The Balaban J connectivity index is 1.52. The first-order chi connectivity index (χ1) is 15.5. The van der Waals surface area contributed by atoms with Crippen molar-refractivity contribution in [3.05, 3.63) is 88.6 Å². The lowest BCUT2D eigenvalue weighted by atomic mass is 10.1. The Morgan fingerprint density at radius 1 is 1.06 bits per heavy atom. The standard InChI is InChI=1S/C24H17ClN2O5/c1-31-22-12-15-5-3-2-4-14(15)10-19(22)23(28)27-26-13-17-7-9-21(32-17)18-11-16(24(29)30)6-8-20(18)25/h2-13H,1H3,(H,27,28)(H,29,30)/b26-13-. The van der Waals surface area contributed by atoms with Crippen LogP contribution in [0.2, 0.25) is 5.02 Å². The number of rotatable bonds is 6. The van der Waals surface area contributed by atoms with Crippen molar-refractivity contribution in [2.75, 3.05) is 7.11 Å². The van der Waals surface area contributed by atoms with Crippen molar-refractivity contribution in [2.24, 2.45) is 5.10 Å². The monoisotopic (exact) mass is 448 g/mol. The Labute approximate surface area is 187 Å². The van der Waals surface area contributed by atoms with Gasteiger partial charge in [-0.2, -0.15) is 5.10 Å². The molecule has 7 nitrogen and oxygen atoms in total. The van der Waals surface area contributed by atoms with Gasteiger partial charge in [-0.1, -0.05) is 35.9 Å². The maximum Gasteiger partial charge on any atom is 0.335 e. The molecule has 8 heteroatoms. The molecule has 4 rings (SSSR count). The first-order valence-electron chi connectivity index (χ1n) is 9.49. The molecular weight excluding hydrogens is 432 g/mol. The second-order valence-electron chi connectivity index (χ2n) is 6.80. The summed E-state index contributed by atoms with van der Waals surface area (Å²) in [5, 5.41) is 15.3. The lowest BCUT2D eigenvalue weighted by Crippen LogP contribution is -2.18. The van der Waals surface area contributed by atoms with Crippen molar-refractivity contribution in [1.82, 2.24) is 5.43 Å². The van der Waals surface area contributed by atoms with Crippen LogP contribution < -0.4 is 10.2 Å². The van der Waals surface area contributed by atoms with Crippen LogP contribution in [0.15, 0.2) is 76.2 Å². The van der Waals surface area contributed by atoms with Gasteiger partial charge in [-0.05, 0) is 53.2 Å². The fourth-order valence-electron chi connectivity index (χ4n) is 3.19. The van der Waals surface area contributed by atoms with Crippen molar-refractivity contribution in [3.63, 3.8) is 0 Å². The topological polar surface area (TPSA) is 101 Å². The zero-order valence-electron chi connectivity index (χ0n) is 16.8. The van der Waals surface area contributed by atoms with Crippen molar-refractivity contribution in [3.8, 4) is 17.1 Å². The molecule has 3 aromatic carbocycles. The molecule has 0 saturated carbocycles. The minimum absolute atomic E-state index is 0.0904.